The number of ether oxygens (including phenoxy) is 1. The maximum Gasteiger partial charge on any atom is 0.299 e. The Bertz CT molecular complexity index is 939. The minimum absolute atomic E-state index is 0.0584. The van der Waals surface area contributed by atoms with Crippen molar-refractivity contribution in [2.45, 2.75) is 18.4 Å². The Morgan fingerprint density at radius 1 is 1.32 bits per heavy atom. The maximum atomic E-state index is 14.7. The van der Waals surface area contributed by atoms with Gasteiger partial charge in [-0.1, -0.05) is 11.6 Å². The molecule has 1 atom stereocenters. The molecule has 7 nitrogen and oxygen atoms in total. The molecular weight excluding hydrogens is 399 g/mol. The van der Waals surface area contributed by atoms with Crippen LogP contribution in [0, 0.1) is 5.82 Å². The molecule has 2 heterocycles. The Morgan fingerprint density at radius 2 is 2.07 bits per heavy atom. The third-order valence-electron chi connectivity index (χ3n) is 4.21. The lowest BCUT2D eigenvalue weighted by molar-refractivity contribution is -0.116. The molecule has 1 unspecified atom stereocenters. The molecule has 1 aromatic carbocycles. The zero-order chi connectivity index (χ0) is 20.5. The number of amides is 1. The molecule has 0 radical (unpaired) electrons. The molecule has 148 valence electrons. The molecule has 2 aromatic rings. The summed E-state index contributed by atoms with van der Waals surface area (Å²) in [5, 5.41) is 2.55. The Morgan fingerprint density at radius 3 is 2.75 bits per heavy atom. The highest BCUT2D eigenvalue weighted by atomic mass is 35.5. The first-order chi connectivity index (χ1) is 13.1. The molecule has 3 rings (SSSR count). The van der Waals surface area contributed by atoms with E-state index in [-0.39, 0.29) is 29.0 Å². The Kier molecular flexibility index (Phi) is 5.26. The summed E-state index contributed by atoms with van der Waals surface area (Å²) in [4.78, 5) is 23.6. The van der Waals surface area contributed by atoms with Crippen molar-refractivity contribution >= 4 is 29.0 Å². The minimum Gasteiger partial charge on any atom is -0.385 e. The standard InChI is InChI=1S/C17H15ClF3N5O2/c1-16(17(20,21)8-28-7-14(22)26-16)10-4-9(2-3-11(10)19)25-15(27)12-5-24-13(18)6-23-12/h2-6H,7-8H2,1H3,(H2,22,26)(H,25,27). The number of nitrogens with zero attached hydrogens (tertiary/aromatic N) is 3. The summed E-state index contributed by atoms with van der Waals surface area (Å²) >= 11 is 5.62. The van der Waals surface area contributed by atoms with E-state index in [2.05, 4.69) is 20.3 Å². The van der Waals surface area contributed by atoms with E-state index in [1.165, 1.54) is 12.3 Å². The third-order valence-corrected chi connectivity index (χ3v) is 4.41. The van der Waals surface area contributed by atoms with Gasteiger partial charge in [0.05, 0.1) is 12.4 Å². The summed E-state index contributed by atoms with van der Waals surface area (Å²) in [6.07, 6.45) is 2.32. The number of alkyl halides is 2. The first kappa shape index (κ1) is 20.0. The fourth-order valence-corrected chi connectivity index (χ4v) is 2.78. The second kappa shape index (κ2) is 7.36. The van der Waals surface area contributed by atoms with Crippen LogP contribution in [0.2, 0.25) is 5.15 Å². The zero-order valence-corrected chi connectivity index (χ0v) is 15.3. The smallest absolute Gasteiger partial charge is 0.299 e. The van der Waals surface area contributed by atoms with Gasteiger partial charge in [0, 0.05) is 11.3 Å². The summed E-state index contributed by atoms with van der Waals surface area (Å²) in [6, 6.07) is 3.26. The quantitative estimate of drug-likeness (QED) is 0.805. The lowest BCUT2D eigenvalue weighted by Crippen LogP contribution is -2.45. The number of carbonyl (C=O) groups is 1. The van der Waals surface area contributed by atoms with Crippen molar-refractivity contribution in [1.82, 2.24) is 9.97 Å². The van der Waals surface area contributed by atoms with Gasteiger partial charge in [-0.25, -0.2) is 23.1 Å². The van der Waals surface area contributed by atoms with E-state index in [4.69, 9.17) is 22.1 Å². The van der Waals surface area contributed by atoms with E-state index in [0.717, 1.165) is 25.3 Å². The SMILES string of the molecule is CC1(c2cc(NC(=O)c3cnc(Cl)cn3)ccc2F)N=C(N)COCC1(F)F. The van der Waals surface area contributed by atoms with E-state index in [9.17, 15) is 18.0 Å². The zero-order valence-electron chi connectivity index (χ0n) is 14.5. The van der Waals surface area contributed by atoms with Crippen molar-refractivity contribution in [3.8, 4) is 0 Å². The van der Waals surface area contributed by atoms with Gasteiger partial charge in [0.1, 0.15) is 35.7 Å². The number of aliphatic imine (C=N–C) groups is 1. The molecule has 0 saturated heterocycles. The number of halogens is 4. The van der Waals surface area contributed by atoms with Crippen molar-refractivity contribution < 1.29 is 22.7 Å². The molecule has 0 aliphatic carbocycles. The fourth-order valence-electron chi connectivity index (χ4n) is 2.68. The number of rotatable bonds is 3. The van der Waals surface area contributed by atoms with Crippen LogP contribution in [0.5, 0.6) is 0 Å². The fraction of sp³-hybridized carbons (Fsp3) is 0.294. The van der Waals surface area contributed by atoms with Gasteiger partial charge in [0.25, 0.3) is 11.8 Å². The van der Waals surface area contributed by atoms with Crippen molar-refractivity contribution in [2.24, 2.45) is 10.7 Å². The van der Waals surface area contributed by atoms with Crippen molar-refractivity contribution in [2.75, 3.05) is 18.5 Å². The first-order valence-electron chi connectivity index (χ1n) is 8.01. The molecule has 1 aliphatic rings. The number of hydrogen-bond donors (Lipinski definition) is 2. The lowest BCUT2D eigenvalue weighted by atomic mass is 9.85. The summed E-state index contributed by atoms with van der Waals surface area (Å²) in [5.41, 5.74) is 2.85. The highest BCUT2D eigenvalue weighted by Gasteiger charge is 2.54. The molecule has 1 aliphatic heterocycles. The molecule has 0 spiro atoms. The molecule has 1 aromatic heterocycles. The summed E-state index contributed by atoms with van der Waals surface area (Å²) in [5.74, 6) is -5.33. The van der Waals surface area contributed by atoms with Crippen LogP contribution in [-0.4, -0.2) is 40.8 Å². The van der Waals surface area contributed by atoms with Gasteiger partial charge < -0.3 is 15.8 Å². The van der Waals surface area contributed by atoms with Crippen molar-refractivity contribution in [3.05, 3.63) is 52.8 Å². The van der Waals surface area contributed by atoms with E-state index >= 15 is 0 Å². The Labute approximate surface area is 162 Å². The van der Waals surface area contributed by atoms with Gasteiger partial charge >= 0.3 is 0 Å². The molecule has 0 bridgehead atoms. The van der Waals surface area contributed by atoms with Crippen molar-refractivity contribution in [3.63, 3.8) is 0 Å². The van der Waals surface area contributed by atoms with E-state index in [0.29, 0.717) is 0 Å². The summed E-state index contributed by atoms with van der Waals surface area (Å²) < 4.78 is 48.6. The monoisotopic (exact) mass is 413 g/mol. The lowest BCUT2D eigenvalue weighted by Gasteiger charge is -2.33. The van der Waals surface area contributed by atoms with E-state index < -0.39 is 35.4 Å². The highest BCUT2D eigenvalue weighted by molar-refractivity contribution is 6.29. The number of benzene rings is 1. The van der Waals surface area contributed by atoms with Gasteiger partial charge in [-0.05, 0) is 25.1 Å². The van der Waals surface area contributed by atoms with Crippen LogP contribution in [0.25, 0.3) is 0 Å². The third kappa shape index (κ3) is 3.78. The van der Waals surface area contributed by atoms with Crippen LogP contribution in [-0.2, 0) is 10.3 Å². The molecular formula is C17H15ClF3N5O2. The molecule has 3 N–H and O–H groups in total. The van der Waals surface area contributed by atoms with Crippen LogP contribution in [0.15, 0.2) is 35.6 Å². The molecule has 28 heavy (non-hydrogen) atoms. The maximum absolute atomic E-state index is 14.7. The van der Waals surface area contributed by atoms with Crippen LogP contribution in [0.3, 0.4) is 0 Å². The molecule has 0 saturated carbocycles. The van der Waals surface area contributed by atoms with Crippen LogP contribution in [0.1, 0.15) is 23.0 Å². The predicted octanol–water partition coefficient (Wildman–Crippen LogP) is 2.76. The normalized spacial score (nSPS) is 21.5. The van der Waals surface area contributed by atoms with Crippen LogP contribution in [0.4, 0.5) is 18.9 Å². The number of nitrogens with two attached hydrogens (primary N) is 1. The number of nitrogens with one attached hydrogen (secondary N) is 1. The number of hydrogen-bond acceptors (Lipinski definition) is 6. The van der Waals surface area contributed by atoms with Crippen LogP contribution < -0.4 is 11.1 Å². The summed E-state index contributed by atoms with van der Waals surface area (Å²) in [7, 11) is 0. The van der Waals surface area contributed by atoms with Gasteiger partial charge in [-0.15, -0.1) is 0 Å². The second-order valence-electron chi connectivity index (χ2n) is 6.25. The first-order valence-corrected chi connectivity index (χ1v) is 8.39. The predicted molar refractivity (Wildman–Crippen MR) is 96.1 cm³/mol. The highest BCUT2D eigenvalue weighted by Crippen LogP contribution is 2.44. The number of amidine groups is 1. The average Bonchev–Trinajstić information content (AvgIpc) is 2.73. The van der Waals surface area contributed by atoms with Gasteiger partial charge in [-0.3, -0.25) is 9.79 Å². The molecule has 11 heteroatoms. The van der Waals surface area contributed by atoms with Gasteiger partial charge in [0.15, 0.2) is 5.54 Å². The summed E-state index contributed by atoms with van der Waals surface area (Å²) in [6.45, 7) is -0.216. The minimum atomic E-state index is -3.54. The van der Waals surface area contributed by atoms with Gasteiger partial charge in [-0.2, -0.15) is 0 Å². The number of anilines is 1. The van der Waals surface area contributed by atoms with E-state index in [1.54, 1.807) is 0 Å². The van der Waals surface area contributed by atoms with Crippen molar-refractivity contribution in [1.29, 1.82) is 0 Å². The number of aromatic nitrogens is 2. The Hall–Kier alpha value is -2.72. The second-order valence-corrected chi connectivity index (χ2v) is 6.63. The molecule has 0 fully saturated rings. The average molecular weight is 414 g/mol. The van der Waals surface area contributed by atoms with E-state index in [1.807, 2.05) is 0 Å². The molecule has 1 amide bonds. The topological polar surface area (TPSA) is 102 Å². The largest absolute Gasteiger partial charge is 0.385 e. The Balaban J connectivity index is 1.98. The van der Waals surface area contributed by atoms with Gasteiger partial charge in [0.2, 0.25) is 0 Å². The number of carbonyl (C=O) groups excluding carboxylic acids is 1. The van der Waals surface area contributed by atoms with Crippen LogP contribution >= 0.6 is 11.6 Å².